The van der Waals surface area contributed by atoms with Gasteiger partial charge >= 0.3 is 0 Å². The van der Waals surface area contributed by atoms with Crippen LogP contribution >= 0.6 is 11.3 Å². The Balaban J connectivity index is 1.97. The highest BCUT2D eigenvalue weighted by Crippen LogP contribution is 2.28. The summed E-state index contributed by atoms with van der Waals surface area (Å²) in [4.78, 5) is 5.11. The van der Waals surface area contributed by atoms with Crippen LogP contribution in [-0.4, -0.2) is 25.5 Å². The topological polar surface area (TPSA) is 3.24 Å². The van der Waals surface area contributed by atoms with Crippen LogP contribution in [0.25, 0.3) is 10.4 Å². The Labute approximate surface area is 108 Å². The summed E-state index contributed by atoms with van der Waals surface area (Å²) in [6, 6.07) is 15.1. The van der Waals surface area contributed by atoms with Crippen LogP contribution in [0, 0.1) is 0 Å². The van der Waals surface area contributed by atoms with Gasteiger partial charge in [-0.2, -0.15) is 0 Å². The van der Waals surface area contributed by atoms with Crippen molar-refractivity contribution < 1.29 is 0 Å². The Morgan fingerprint density at radius 2 is 1.76 bits per heavy atom. The summed E-state index contributed by atoms with van der Waals surface area (Å²) >= 11 is 1.92. The minimum atomic E-state index is 1.17. The molecule has 17 heavy (non-hydrogen) atoms. The molecule has 0 radical (unpaired) electrons. The molecule has 0 N–H and O–H groups in total. The van der Waals surface area contributed by atoms with Crippen LogP contribution in [0.5, 0.6) is 0 Å². The monoisotopic (exact) mass is 245 g/mol. The summed E-state index contributed by atoms with van der Waals surface area (Å²) in [6.07, 6.45) is 2.43. The van der Waals surface area contributed by atoms with Crippen molar-refractivity contribution in [3.63, 3.8) is 0 Å². The molecule has 0 saturated heterocycles. The van der Waals surface area contributed by atoms with Gasteiger partial charge in [-0.3, -0.25) is 0 Å². The Hall–Kier alpha value is -1.12. The van der Waals surface area contributed by atoms with E-state index in [1.165, 1.54) is 34.7 Å². The molecular formula is C15H19NS. The van der Waals surface area contributed by atoms with E-state index in [1.54, 1.807) is 0 Å². The molecule has 0 atom stereocenters. The number of aryl methyl sites for hydroxylation is 1. The summed E-state index contributed by atoms with van der Waals surface area (Å²) in [6.45, 7) is 1.17. The minimum absolute atomic E-state index is 1.17. The first-order valence-electron chi connectivity index (χ1n) is 6.04. The van der Waals surface area contributed by atoms with Crippen LogP contribution in [-0.2, 0) is 6.42 Å². The van der Waals surface area contributed by atoms with E-state index in [0.29, 0.717) is 0 Å². The molecule has 0 saturated carbocycles. The van der Waals surface area contributed by atoms with Gasteiger partial charge in [-0.15, -0.1) is 11.3 Å². The third kappa shape index (κ3) is 3.69. The van der Waals surface area contributed by atoms with Crippen molar-refractivity contribution >= 4 is 11.3 Å². The molecule has 0 aliphatic rings. The van der Waals surface area contributed by atoms with Crippen LogP contribution in [0.2, 0.25) is 0 Å². The van der Waals surface area contributed by atoms with Gasteiger partial charge in [0.25, 0.3) is 0 Å². The zero-order valence-corrected chi connectivity index (χ0v) is 11.3. The van der Waals surface area contributed by atoms with Gasteiger partial charge in [-0.1, -0.05) is 30.3 Å². The minimum Gasteiger partial charge on any atom is -0.309 e. The average Bonchev–Trinajstić information content (AvgIpc) is 2.78. The van der Waals surface area contributed by atoms with Gasteiger partial charge in [0.1, 0.15) is 0 Å². The molecule has 0 fully saturated rings. The van der Waals surface area contributed by atoms with E-state index in [0.717, 1.165) is 0 Å². The zero-order chi connectivity index (χ0) is 12.1. The van der Waals surface area contributed by atoms with Crippen molar-refractivity contribution in [1.29, 1.82) is 0 Å². The molecule has 1 aromatic carbocycles. The predicted octanol–water partition coefficient (Wildman–Crippen LogP) is 3.91. The number of rotatable bonds is 5. The fourth-order valence-electron chi connectivity index (χ4n) is 1.84. The van der Waals surface area contributed by atoms with Gasteiger partial charge in [-0.05, 0) is 51.2 Å². The Morgan fingerprint density at radius 1 is 1.00 bits per heavy atom. The second-order valence-electron chi connectivity index (χ2n) is 4.54. The number of nitrogens with zero attached hydrogens (tertiary/aromatic N) is 1. The smallest absolute Gasteiger partial charge is 0.0345 e. The molecule has 2 rings (SSSR count). The van der Waals surface area contributed by atoms with Crippen molar-refractivity contribution in [2.24, 2.45) is 0 Å². The number of hydrogen-bond donors (Lipinski definition) is 0. The quantitative estimate of drug-likeness (QED) is 0.772. The Kier molecular flexibility index (Phi) is 4.35. The molecule has 0 unspecified atom stereocenters. The maximum absolute atomic E-state index is 2.27. The van der Waals surface area contributed by atoms with Crippen LogP contribution in [0.1, 0.15) is 11.3 Å². The lowest BCUT2D eigenvalue weighted by molar-refractivity contribution is 0.401. The van der Waals surface area contributed by atoms with E-state index in [9.17, 15) is 0 Å². The average molecular weight is 245 g/mol. The van der Waals surface area contributed by atoms with Crippen LogP contribution in [0.3, 0.4) is 0 Å². The Bertz CT molecular complexity index is 445. The molecule has 1 aromatic heterocycles. The molecule has 0 bridgehead atoms. The maximum atomic E-state index is 2.27. The molecule has 0 aliphatic heterocycles. The number of benzene rings is 1. The molecule has 0 aliphatic carbocycles. The SMILES string of the molecule is CN(C)CCCc1ccc(-c2ccccc2)s1. The molecule has 1 nitrogen and oxygen atoms in total. The van der Waals surface area contributed by atoms with Crippen molar-refractivity contribution in [3.05, 3.63) is 47.3 Å². The molecule has 1 heterocycles. The maximum Gasteiger partial charge on any atom is 0.0345 e. The van der Waals surface area contributed by atoms with Gasteiger partial charge in [0.2, 0.25) is 0 Å². The third-order valence-electron chi connectivity index (χ3n) is 2.75. The van der Waals surface area contributed by atoms with Gasteiger partial charge in [-0.25, -0.2) is 0 Å². The normalized spacial score (nSPS) is 11.0. The summed E-state index contributed by atoms with van der Waals surface area (Å²) in [5.41, 5.74) is 1.33. The van der Waals surface area contributed by atoms with Crippen molar-refractivity contribution in [3.8, 4) is 10.4 Å². The highest BCUT2D eigenvalue weighted by molar-refractivity contribution is 7.15. The number of hydrogen-bond acceptors (Lipinski definition) is 2. The molecule has 2 aromatic rings. The van der Waals surface area contributed by atoms with E-state index in [4.69, 9.17) is 0 Å². The lowest BCUT2D eigenvalue weighted by Crippen LogP contribution is -2.13. The van der Waals surface area contributed by atoms with Crippen LogP contribution in [0.15, 0.2) is 42.5 Å². The van der Waals surface area contributed by atoms with Crippen molar-refractivity contribution in [1.82, 2.24) is 4.90 Å². The van der Waals surface area contributed by atoms with E-state index in [2.05, 4.69) is 61.5 Å². The highest BCUT2D eigenvalue weighted by Gasteiger charge is 2.02. The third-order valence-corrected chi connectivity index (χ3v) is 3.94. The largest absolute Gasteiger partial charge is 0.309 e. The molecule has 90 valence electrons. The van der Waals surface area contributed by atoms with Gasteiger partial charge in [0, 0.05) is 9.75 Å². The molecule has 2 heteroatoms. The summed E-state index contributed by atoms with van der Waals surface area (Å²) in [5.74, 6) is 0. The van der Waals surface area contributed by atoms with Crippen molar-refractivity contribution in [2.75, 3.05) is 20.6 Å². The molecular weight excluding hydrogens is 226 g/mol. The second kappa shape index (κ2) is 5.99. The van der Waals surface area contributed by atoms with Crippen LogP contribution in [0.4, 0.5) is 0 Å². The van der Waals surface area contributed by atoms with Crippen molar-refractivity contribution in [2.45, 2.75) is 12.8 Å². The Morgan fingerprint density at radius 3 is 2.47 bits per heavy atom. The summed E-state index contributed by atoms with van der Waals surface area (Å²) < 4.78 is 0. The summed E-state index contributed by atoms with van der Waals surface area (Å²) in [7, 11) is 4.26. The second-order valence-corrected chi connectivity index (χ2v) is 5.71. The lowest BCUT2D eigenvalue weighted by Gasteiger charge is -2.07. The van der Waals surface area contributed by atoms with E-state index in [1.807, 2.05) is 11.3 Å². The van der Waals surface area contributed by atoms with E-state index < -0.39 is 0 Å². The number of thiophene rings is 1. The highest BCUT2D eigenvalue weighted by atomic mass is 32.1. The fourth-order valence-corrected chi connectivity index (χ4v) is 2.89. The van der Waals surface area contributed by atoms with Gasteiger partial charge in [0.15, 0.2) is 0 Å². The van der Waals surface area contributed by atoms with E-state index >= 15 is 0 Å². The first kappa shape index (κ1) is 12.3. The van der Waals surface area contributed by atoms with Gasteiger partial charge in [0.05, 0.1) is 0 Å². The zero-order valence-electron chi connectivity index (χ0n) is 10.5. The summed E-state index contributed by atoms with van der Waals surface area (Å²) in [5, 5.41) is 0. The standard InChI is InChI=1S/C15H19NS/c1-16(2)12-6-9-14-10-11-15(17-14)13-7-4-3-5-8-13/h3-5,7-8,10-11H,6,9,12H2,1-2H3. The van der Waals surface area contributed by atoms with Gasteiger partial charge < -0.3 is 4.90 Å². The first-order chi connectivity index (χ1) is 8.25. The molecule has 0 spiro atoms. The first-order valence-corrected chi connectivity index (χ1v) is 6.86. The fraction of sp³-hybridized carbons (Fsp3) is 0.333. The predicted molar refractivity (Wildman–Crippen MR) is 76.6 cm³/mol. The van der Waals surface area contributed by atoms with E-state index in [-0.39, 0.29) is 0 Å². The lowest BCUT2D eigenvalue weighted by atomic mass is 10.2. The van der Waals surface area contributed by atoms with Crippen LogP contribution < -0.4 is 0 Å². The molecule has 0 amide bonds.